The van der Waals surface area contributed by atoms with Crippen molar-refractivity contribution in [3.63, 3.8) is 0 Å². The Morgan fingerprint density at radius 1 is 1.60 bits per heavy atom. The van der Waals surface area contributed by atoms with Crippen molar-refractivity contribution in [3.8, 4) is 6.07 Å². The monoisotopic (exact) mass is 206 g/mol. The summed E-state index contributed by atoms with van der Waals surface area (Å²) >= 11 is 0. The summed E-state index contributed by atoms with van der Waals surface area (Å²) in [5.74, 6) is 0. The van der Waals surface area contributed by atoms with Crippen LogP contribution in [-0.4, -0.2) is 28.0 Å². The Hall–Kier alpha value is -1.38. The molecule has 0 unspecified atom stereocenters. The van der Waals surface area contributed by atoms with E-state index in [2.05, 4.69) is 16.5 Å². The van der Waals surface area contributed by atoms with Crippen LogP contribution in [0.5, 0.6) is 0 Å². The van der Waals surface area contributed by atoms with E-state index in [9.17, 15) is 0 Å². The van der Waals surface area contributed by atoms with Gasteiger partial charge in [-0.3, -0.25) is 4.68 Å². The zero-order valence-electron chi connectivity index (χ0n) is 8.48. The van der Waals surface area contributed by atoms with E-state index in [0.29, 0.717) is 17.3 Å². The van der Waals surface area contributed by atoms with Gasteiger partial charge in [0.25, 0.3) is 0 Å². The van der Waals surface area contributed by atoms with E-state index >= 15 is 0 Å². The fourth-order valence-electron chi connectivity index (χ4n) is 1.96. The first kappa shape index (κ1) is 10.1. The summed E-state index contributed by atoms with van der Waals surface area (Å²) in [6, 6.07) is 2.41. The molecule has 1 fully saturated rings. The summed E-state index contributed by atoms with van der Waals surface area (Å²) in [6.45, 7) is 1.81. The first-order valence-electron chi connectivity index (χ1n) is 5.15. The van der Waals surface area contributed by atoms with Crippen molar-refractivity contribution in [1.82, 2.24) is 15.1 Å². The minimum Gasteiger partial charge on any atom is -0.392 e. The van der Waals surface area contributed by atoms with Gasteiger partial charge in [-0.1, -0.05) is 0 Å². The molecule has 0 radical (unpaired) electrons. The van der Waals surface area contributed by atoms with E-state index < -0.39 is 0 Å². The Balaban J connectivity index is 2.27. The van der Waals surface area contributed by atoms with Crippen molar-refractivity contribution in [2.75, 3.05) is 13.1 Å². The van der Waals surface area contributed by atoms with Crippen LogP contribution in [0.25, 0.3) is 0 Å². The lowest BCUT2D eigenvalue weighted by atomic mass is 10.1. The van der Waals surface area contributed by atoms with Gasteiger partial charge in [0.1, 0.15) is 11.8 Å². The number of nitrogens with zero attached hydrogens (tertiary/aromatic N) is 3. The zero-order valence-corrected chi connectivity index (χ0v) is 8.48. The Kier molecular flexibility index (Phi) is 2.99. The van der Waals surface area contributed by atoms with E-state index in [1.54, 1.807) is 10.9 Å². The van der Waals surface area contributed by atoms with Crippen LogP contribution in [0.15, 0.2) is 6.20 Å². The molecule has 0 amide bonds. The normalized spacial score (nSPS) is 17.6. The molecule has 1 aliphatic rings. The van der Waals surface area contributed by atoms with Gasteiger partial charge >= 0.3 is 0 Å². The highest BCUT2D eigenvalue weighted by atomic mass is 16.3. The molecule has 0 saturated carbocycles. The van der Waals surface area contributed by atoms with E-state index in [1.807, 2.05) is 0 Å². The van der Waals surface area contributed by atoms with Crippen molar-refractivity contribution in [1.29, 1.82) is 5.26 Å². The standard InChI is InChI=1S/C10H14N4O/c11-5-10-8(7-15)6-13-14(10)9-1-3-12-4-2-9/h6,9,12,15H,1-4,7H2. The van der Waals surface area contributed by atoms with Crippen molar-refractivity contribution >= 4 is 0 Å². The second-order valence-electron chi connectivity index (χ2n) is 3.71. The zero-order chi connectivity index (χ0) is 10.7. The molecule has 0 aromatic carbocycles. The minimum absolute atomic E-state index is 0.117. The molecule has 0 spiro atoms. The highest BCUT2D eigenvalue weighted by Crippen LogP contribution is 2.21. The van der Waals surface area contributed by atoms with Gasteiger partial charge in [0, 0.05) is 5.56 Å². The number of rotatable bonds is 2. The predicted octanol–water partition coefficient (Wildman–Crippen LogP) is 0.172. The number of aliphatic hydroxyl groups excluding tert-OH is 1. The quantitative estimate of drug-likeness (QED) is 0.723. The van der Waals surface area contributed by atoms with Crippen molar-refractivity contribution in [2.24, 2.45) is 0 Å². The molecule has 1 aliphatic heterocycles. The Bertz CT molecular complexity index is 373. The van der Waals surface area contributed by atoms with Crippen molar-refractivity contribution < 1.29 is 5.11 Å². The lowest BCUT2D eigenvalue weighted by Gasteiger charge is -2.23. The Morgan fingerprint density at radius 2 is 2.33 bits per heavy atom. The van der Waals surface area contributed by atoms with Gasteiger partial charge in [-0.15, -0.1) is 0 Å². The third-order valence-corrected chi connectivity index (χ3v) is 2.80. The molecule has 2 rings (SSSR count). The molecule has 0 atom stereocenters. The SMILES string of the molecule is N#Cc1c(CO)cnn1C1CCNCC1. The number of hydrogen-bond acceptors (Lipinski definition) is 4. The summed E-state index contributed by atoms with van der Waals surface area (Å²) in [4.78, 5) is 0. The van der Waals surface area contributed by atoms with Crippen LogP contribution < -0.4 is 5.32 Å². The minimum atomic E-state index is -0.117. The van der Waals surface area contributed by atoms with Crippen LogP contribution >= 0.6 is 0 Å². The van der Waals surface area contributed by atoms with Gasteiger partial charge in [0.05, 0.1) is 18.8 Å². The number of piperidine rings is 1. The lowest BCUT2D eigenvalue weighted by molar-refractivity contribution is 0.280. The summed E-state index contributed by atoms with van der Waals surface area (Å²) in [5, 5.41) is 25.5. The Labute approximate surface area is 88.3 Å². The number of nitrogens with one attached hydrogen (secondary N) is 1. The van der Waals surface area contributed by atoms with E-state index in [-0.39, 0.29) is 6.61 Å². The highest BCUT2D eigenvalue weighted by Gasteiger charge is 2.20. The van der Waals surface area contributed by atoms with Crippen LogP contribution in [0.4, 0.5) is 0 Å². The molecule has 15 heavy (non-hydrogen) atoms. The van der Waals surface area contributed by atoms with Gasteiger partial charge in [0.15, 0.2) is 0 Å². The van der Waals surface area contributed by atoms with Gasteiger partial charge in [-0.2, -0.15) is 10.4 Å². The molecule has 1 saturated heterocycles. The molecular weight excluding hydrogens is 192 g/mol. The molecule has 2 N–H and O–H groups in total. The van der Waals surface area contributed by atoms with E-state index in [4.69, 9.17) is 10.4 Å². The number of nitriles is 1. The number of aliphatic hydroxyl groups is 1. The first-order valence-corrected chi connectivity index (χ1v) is 5.15. The maximum Gasteiger partial charge on any atom is 0.144 e. The second kappa shape index (κ2) is 4.43. The smallest absolute Gasteiger partial charge is 0.144 e. The third-order valence-electron chi connectivity index (χ3n) is 2.80. The van der Waals surface area contributed by atoms with Crippen LogP contribution in [-0.2, 0) is 6.61 Å². The van der Waals surface area contributed by atoms with Crippen LogP contribution in [0, 0.1) is 11.3 Å². The van der Waals surface area contributed by atoms with Gasteiger partial charge in [0.2, 0.25) is 0 Å². The molecule has 1 aromatic rings. The Morgan fingerprint density at radius 3 is 2.93 bits per heavy atom. The summed E-state index contributed by atoms with van der Waals surface area (Å²) in [6.07, 6.45) is 3.56. The summed E-state index contributed by atoms with van der Waals surface area (Å²) < 4.78 is 1.76. The number of aromatic nitrogens is 2. The largest absolute Gasteiger partial charge is 0.392 e. The predicted molar refractivity (Wildman–Crippen MR) is 54.0 cm³/mol. The maximum atomic E-state index is 9.04. The second-order valence-corrected chi connectivity index (χ2v) is 3.71. The van der Waals surface area contributed by atoms with Crippen LogP contribution in [0.2, 0.25) is 0 Å². The average molecular weight is 206 g/mol. The van der Waals surface area contributed by atoms with E-state index in [1.165, 1.54) is 0 Å². The van der Waals surface area contributed by atoms with Crippen LogP contribution in [0.3, 0.4) is 0 Å². The van der Waals surface area contributed by atoms with E-state index in [0.717, 1.165) is 25.9 Å². The topological polar surface area (TPSA) is 73.9 Å². The molecule has 0 aliphatic carbocycles. The van der Waals surface area contributed by atoms with Crippen molar-refractivity contribution in [2.45, 2.75) is 25.5 Å². The molecule has 5 nitrogen and oxygen atoms in total. The van der Waals surface area contributed by atoms with Gasteiger partial charge in [-0.05, 0) is 25.9 Å². The molecule has 1 aromatic heterocycles. The fraction of sp³-hybridized carbons (Fsp3) is 0.600. The van der Waals surface area contributed by atoms with Gasteiger partial charge < -0.3 is 10.4 Å². The third kappa shape index (κ3) is 1.87. The average Bonchev–Trinajstić information content (AvgIpc) is 2.72. The molecule has 80 valence electrons. The lowest BCUT2D eigenvalue weighted by Crippen LogP contribution is -2.30. The first-order chi connectivity index (χ1) is 7.36. The molecule has 0 bridgehead atoms. The van der Waals surface area contributed by atoms with Crippen molar-refractivity contribution in [3.05, 3.63) is 17.5 Å². The molecule has 5 heteroatoms. The molecular formula is C10H14N4O. The van der Waals surface area contributed by atoms with Crippen LogP contribution in [0.1, 0.15) is 30.1 Å². The summed E-state index contributed by atoms with van der Waals surface area (Å²) in [7, 11) is 0. The highest BCUT2D eigenvalue weighted by molar-refractivity contribution is 5.29. The molecule has 2 heterocycles. The summed E-state index contributed by atoms with van der Waals surface area (Å²) in [5.41, 5.74) is 1.13. The van der Waals surface area contributed by atoms with Gasteiger partial charge in [-0.25, -0.2) is 0 Å². The maximum absolute atomic E-state index is 9.04. The fourth-order valence-corrected chi connectivity index (χ4v) is 1.96. The number of hydrogen-bond donors (Lipinski definition) is 2.